The van der Waals surface area contributed by atoms with Crippen LogP contribution in [0.15, 0.2) is 48.5 Å². The Balaban J connectivity index is 0.00000259. The number of carbonyl (C=O) groups is 1. The van der Waals surface area contributed by atoms with E-state index in [9.17, 15) is 4.79 Å². The summed E-state index contributed by atoms with van der Waals surface area (Å²) >= 11 is 0. The van der Waals surface area contributed by atoms with Crippen molar-refractivity contribution in [2.45, 2.75) is 52.0 Å². The van der Waals surface area contributed by atoms with Crippen molar-refractivity contribution < 1.29 is 4.79 Å². The fourth-order valence-electron chi connectivity index (χ4n) is 5.15. The van der Waals surface area contributed by atoms with Crippen LogP contribution in [0.1, 0.15) is 53.5 Å². The largest absolute Gasteiger partial charge is 0.321 e. The molecule has 1 aromatic heterocycles. The highest BCUT2D eigenvalue weighted by Gasteiger charge is 2.28. The SMILES string of the molecule is Cc1nn(-c2ccccc2)nc1C(=O)Nc1ccc2c(c1)CCN(C1CCC(C)C1)CC2.Cl. The van der Waals surface area contributed by atoms with Crippen molar-refractivity contribution in [3.8, 4) is 5.69 Å². The average Bonchev–Trinajstić information content (AvgIpc) is 3.34. The van der Waals surface area contributed by atoms with E-state index in [1.807, 2.05) is 43.3 Å². The Bertz CT molecular complexity index is 1110. The van der Waals surface area contributed by atoms with Crippen LogP contribution in [0.4, 0.5) is 5.69 Å². The van der Waals surface area contributed by atoms with Crippen LogP contribution in [-0.4, -0.2) is 44.9 Å². The van der Waals surface area contributed by atoms with Crippen molar-refractivity contribution in [3.05, 3.63) is 71.0 Å². The van der Waals surface area contributed by atoms with Crippen LogP contribution in [0, 0.1) is 12.8 Å². The third kappa shape index (κ3) is 5.12. The fourth-order valence-corrected chi connectivity index (χ4v) is 5.15. The molecule has 33 heavy (non-hydrogen) atoms. The third-order valence-corrected chi connectivity index (χ3v) is 6.97. The summed E-state index contributed by atoms with van der Waals surface area (Å²) < 4.78 is 0. The molecule has 1 aliphatic heterocycles. The number of para-hydroxylation sites is 1. The van der Waals surface area contributed by atoms with E-state index < -0.39 is 0 Å². The number of benzene rings is 2. The van der Waals surface area contributed by atoms with Gasteiger partial charge in [-0.1, -0.05) is 31.2 Å². The summed E-state index contributed by atoms with van der Waals surface area (Å²) in [5.74, 6) is 0.635. The quantitative estimate of drug-likeness (QED) is 0.598. The maximum Gasteiger partial charge on any atom is 0.278 e. The Hall–Kier alpha value is -2.70. The van der Waals surface area contributed by atoms with Gasteiger partial charge in [-0.3, -0.25) is 9.69 Å². The summed E-state index contributed by atoms with van der Waals surface area (Å²) in [6.45, 7) is 6.43. The second-order valence-corrected chi connectivity index (χ2v) is 9.30. The summed E-state index contributed by atoms with van der Waals surface area (Å²) in [4.78, 5) is 17.1. The van der Waals surface area contributed by atoms with E-state index >= 15 is 0 Å². The zero-order valence-electron chi connectivity index (χ0n) is 19.3. The highest BCUT2D eigenvalue weighted by molar-refractivity contribution is 6.03. The number of anilines is 1. The lowest BCUT2D eigenvalue weighted by atomic mass is 10.0. The first-order valence-corrected chi connectivity index (χ1v) is 11.7. The van der Waals surface area contributed by atoms with Crippen molar-refractivity contribution in [2.24, 2.45) is 5.92 Å². The van der Waals surface area contributed by atoms with Gasteiger partial charge in [-0.2, -0.15) is 9.90 Å². The summed E-state index contributed by atoms with van der Waals surface area (Å²) in [5.41, 5.74) is 5.38. The smallest absolute Gasteiger partial charge is 0.278 e. The van der Waals surface area contributed by atoms with Gasteiger partial charge in [-0.05, 0) is 80.3 Å². The molecule has 6 nitrogen and oxygen atoms in total. The van der Waals surface area contributed by atoms with Gasteiger partial charge in [0.2, 0.25) is 0 Å². The van der Waals surface area contributed by atoms with E-state index in [1.165, 1.54) is 35.2 Å². The highest BCUT2D eigenvalue weighted by Crippen LogP contribution is 2.31. The van der Waals surface area contributed by atoms with E-state index in [4.69, 9.17) is 0 Å². The molecule has 0 saturated heterocycles. The number of nitrogens with one attached hydrogen (secondary N) is 1. The molecular weight excluding hydrogens is 434 g/mol. The molecule has 2 aromatic carbocycles. The Labute approximate surface area is 201 Å². The normalized spacial score (nSPS) is 20.5. The zero-order valence-corrected chi connectivity index (χ0v) is 20.1. The number of amides is 1. The van der Waals surface area contributed by atoms with Gasteiger partial charge in [0.05, 0.1) is 11.4 Å². The van der Waals surface area contributed by atoms with E-state index in [0.29, 0.717) is 11.4 Å². The van der Waals surface area contributed by atoms with Crippen molar-refractivity contribution in [3.63, 3.8) is 0 Å². The van der Waals surface area contributed by atoms with Gasteiger partial charge >= 0.3 is 0 Å². The minimum absolute atomic E-state index is 0. The van der Waals surface area contributed by atoms with Crippen LogP contribution in [0.5, 0.6) is 0 Å². The average molecular weight is 466 g/mol. The molecule has 1 amide bonds. The van der Waals surface area contributed by atoms with E-state index in [1.54, 1.807) is 0 Å². The molecule has 2 unspecified atom stereocenters. The molecule has 5 rings (SSSR count). The lowest BCUT2D eigenvalue weighted by Gasteiger charge is -2.27. The van der Waals surface area contributed by atoms with E-state index in [2.05, 4.69) is 39.5 Å². The van der Waals surface area contributed by atoms with Gasteiger partial charge in [-0.15, -0.1) is 17.5 Å². The van der Waals surface area contributed by atoms with Gasteiger partial charge < -0.3 is 5.32 Å². The van der Waals surface area contributed by atoms with Gasteiger partial charge in [0.25, 0.3) is 5.91 Å². The molecule has 2 aliphatic rings. The van der Waals surface area contributed by atoms with Crippen LogP contribution >= 0.6 is 12.4 Å². The lowest BCUT2D eigenvalue weighted by molar-refractivity contribution is 0.102. The number of nitrogens with zero attached hydrogens (tertiary/aromatic N) is 4. The molecule has 1 saturated carbocycles. The number of fused-ring (bicyclic) bond motifs is 1. The number of aryl methyl sites for hydroxylation is 1. The van der Waals surface area contributed by atoms with Crippen molar-refractivity contribution in [1.29, 1.82) is 0 Å². The first kappa shape index (κ1) is 23.5. The monoisotopic (exact) mass is 465 g/mol. The highest BCUT2D eigenvalue weighted by atomic mass is 35.5. The van der Waals surface area contributed by atoms with Crippen LogP contribution in [0.3, 0.4) is 0 Å². The Morgan fingerprint density at radius 1 is 1.00 bits per heavy atom. The molecule has 7 heteroatoms. The molecule has 0 bridgehead atoms. The summed E-state index contributed by atoms with van der Waals surface area (Å²) in [6, 6.07) is 16.7. The van der Waals surface area contributed by atoms with Crippen molar-refractivity contribution >= 4 is 24.0 Å². The van der Waals surface area contributed by atoms with E-state index in [0.717, 1.165) is 49.3 Å². The van der Waals surface area contributed by atoms with Gasteiger partial charge in [-0.25, -0.2) is 0 Å². The molecule has 0 radical (unpaired) electrons. The minimum Gasteiger partial charge on any atom is -0.321 e. The number of hydrogen-bond donors (Lipinski definition) is 1. The van der Waals surface area contributed by atoms with Crippen LogP contribution in [0.25, 0.3) is 5.69 Å². The summed E-state index contributed by atoms with van der Waals surface area (Å²) in [7, 11) is 0. The molecular formula is C26H32ClN5O. The Morgan fingerprint density at radius 2 is 1.76 bits per heavy atom. The first-order valence-electron chi connectivity index (χ1n) is 11.7. The second-order valence-electron chi connectivity index (χ2n) is 9.30. The molecule has 1 N–H and O–H groups in total. The second kappa shape index (κ2) is 10.1. The standard InChI is InChI=1S/C26H31N5O.ClH/c1-18-8-11-24(16-18)30-14-12-20-9-10-22(17-21(20)13-15-30)27-26(32)25-19(2)28-31(29-25)23-6-4-3-5-7-23;/h3-7,9-10,17-18,24H,8,11-16H2,1-2H3,(H,27,32);1H. The first-order chi connectivity index (χ1) is 15.6. The summed E-state index contributed by atoms with van der Waals surface area (Å²) in [6.07, 6.45) is 6.15. The van der Waals surface area contributed by atoms with E-state index in [-0.39, 0.29) is 18.3 Å². The van der Waals surface area contributed by atoms with Gasteiger partial charge in [0.1, 0.15) is 0 Å². The number of rotatable bonds is 4. The number of aromatic nitrogens is 3. The van der Waals surface area contributed by atoms with Gasteiger partial charge in [0.15, 0.2) is 5.69 Å². The van der Waals surface area contributed by atoms with Crippen molar-refractivity contribution in [1.82, 2.24) is 19.9 Å². The number of carbonyl (C=O) groups excluding carboxylic acids is 1. The topological polar surface area (TPSA) is 63.1 Å². The maximum absolute atomic E-state index is 12.9. The molecule has 2 heterocycles. The lowest BCUT2D eigenvalue weighted by Crippen LogP contribution is -2.35. The number of halogens is 1. The summed E-state index contributed by atoms with van der Waals surface area (Å²) in [5, 5.41) is 11.9. The predicted molar refractivity (Wildman–Crippen MR) is 134 cm³/mol. The Kier molecular flexibility index (Phi) is 7.15. The fraction of sp³-hybridized carbons (Fsp3) is 0.423. The molecule has 3 aromatic rings. The van der Waals surface area contributed by atoms with Crippen LogP contribution in [0.2, 0.25) is 0 Å². The minimum atomic E-state index is -0.222. The predicted octanol–water partition coefficient (Wildman–Crippen LogP) is 4.84. The Morgan fingerprint density at radius 3 is 2.48 bits per heavy atom. The zero-order chi connectivity index (χ0) is 22.1. The maximum atomic E-state index is 12.9. The molecule has 0 spiro atoms. The molecule has 174 valence electrons. The van der Waals surface area contributed by atoms with Crippen molar-refractivity contribution in [2.75, 3.05) is 18.4 Å². The molecule has 2 atom stereocenters. The van der Waals surface area contributed by atoms with Gasteiger partial charge in [0, 0.05) is 24.8 Å². The third-order valence-electron chi connectivity index (χ3n) is 6.97. The number of hydrogen-bond acceptors (Lipinski definition) is 4. The van der Waals surface area contributed by atoms with Crippen LogP contribution in [-0.2, 0) is 12.8 Å². The molecule has 1 fully saturated rings. The molecule has 1 aliphatic carbocycles. The van der Waals surface area contributed by atoms with Crippen LogP contribution < -0.4 is 5.32 Å².